The van der Waals surface area contributed by atoms with Crippen LogP contribution in [0.4, 0.5) is 0 Å². The van der Waals surface area contributed by atoms with Gasteiger partial charge >= 0.3 is 0 Å². The summed E-state index contributed by atoms with van der Waals surface area (Å²) in [6.45, 7) is 4.64. The number of carbonyl (C=O) groups excluding carboxylic acids is 1. The minimum absolute atomic E-state index is 0.0956. The lowest BCUT2D eigenvalue weighted by Gasteiger charge is -2.34. The molecule has 1 unspecified atom stereocenters. The normalized spacial score (nSPS) is 15.9. The number of methoxy groups -OCH3 is 1. The van der Waals surface area contributed by atoms with Crippen molar-refractivity contribution >= 4 is 23.2 Å². The summed E-state index contributed by atoms with van der Waals surface area (Å²) in [7, 11) is 3.34. The Morgan fingerprint density at radius 1 is 1.19 bits per heavy atom. The van der Waals surface area contributed by atoms with Gasteiger partial charge in [0.15, 0.2) is 5.96 Å². The van der Waals surface area contributed by atoms with E-state index in [-0.39, 0.29) is 18.5 Å². The topological polar surface area (TPSA) is 87.2 Å². The molecule has 2 aromatic rings. The van der Waals surface area contributed by atoms with Crippen molar-refractivity contribution in [2.24, 2.45) is 4.99 Å². The molecular formula is C22H31N5O3S. The van der Waals surface area contributed by atoms with Crippen molar-refractivity contribution in [3.63, 3.8) is 0 Å². The van der Waals surface area contributed by atoms with Crippen molar-refractivity contribution in [2.75, 3.05) is 53.6 Å². The first-order valence-corrected chi connectivity index (χ1v) is 11.3. The Morgan fingerprint density at radius 3 is 2.61 bits per heavy atom. The fourth-order valence-electron chi connectivity index (χ4n) is 3.36. The fourth-order valence-corrected chi connectivity index (χ4v) is 4.23. The molecule has 0 radical (unpaired) electrons. The van der Waals surface area contributed by atoms with Crippen molar-refractivity contribution in [3.8, 4) is 5.75 Å². The number of carbonyl (C=O) groups is 1. The van der Waals surface area contributed by atoms with Crippen molar-refractivity contribution in [1.29, 1.82) is 0 Å². The van der Waals surface area contributed by atoms with Gasteiger partial charge in [0.25, 0.3) is 0 Å². The van der Waals surface area contributed by atoms with Gasteiger partial charge in [0.1, 0.15) is 5.75 Å². The van der Waals surface area contributed by atoms with E-state index in [1.54, 1.807) is 25.5 Å². The van der Waals surface area contributed by atoms with E-state index in [0.717, 1.165) is 37.6 Å². The average molecular weight is 446 g/mol. The third-order valence-electron chi connectivity index (χ3n) is 5.11. The number of thiophene rings is 1. The molecule has 0 saturated carbocycles. The molecule has 8 nitrogen and oxygen atoms in total. The van der Waals surface area contributed by atoms with Crippen molar-refractivity contribution in [2.45, 2.75) is 12.6 Å². The van der Waals surface area contributed by atoms with Gasteiger partial charge in [-0.3, -0.25) is 14.7 Å². The number of hydrogen-bond acceptors (Lipinski definition) is 6. The van der Waals surface area contributed by atoms with Crippen LogP contribution in [0.3, 0.4) is 0 Å². The second-order valence-electron chi connectivity index (χ2n) is 7.11. The maximum absolute atomic E-state index is 12.2. The summed E-state index contributed by atoms with van der Waals surface area (Å²) < 4.78 is 10.6. The molecule has 0 aliphatic carbocycles. The molecule has 1 aliphatic heterocycles. The Hall–Kier alpha value is -2.62. The number of rotatable bonds is 9. The summed E-state index contributed by atoms with van der Waals surface area (Å²) in [5.41, 5.74) is 1.01. The molecule has 31 heavy (non-hydrogen) atoms. The van der Waals surface area contributed by atoms with Gasteiger partial charge in [-0.2, -0.15) is 0 Å². The first-order chi connectivity index (χ1) is 15.2. The van der Waals surface area contributed by atoms with Crippen LogP contribution in [0, 0.1) is 0 Å². The number of amides is 1. The molecule has 0 bridgehead atoms. The third kappa shape index (κ3) is 7.23. The number of nitrogens with one attached hydrogen (secondary N) is 3. The van der Waals surface area contributed by atoms with E-state index in [1.807, 2.05) is 24.3 Å². The number of benzene rings is 1. The van der Waals surface area contributed by atoms with Crippen LogP contribution >= 0.6 is 11.3 Å². The highest BCUT2D eigenvalue weighted by Crippen LogP contribution is 2.25. The van der Waals surface area contributed by atoms with E-state index in [2.05, 4.69) is 43.4 Å². The van der Waals surface area contributed by atoms with Crippen molar-refractivity contribution in [1.82, 2.24) is 20.9 Å². The lowest BCUT2D eigenvalue weighted by Crippen LogP contribution is -2.47. The zero-order valence-corrected chi connectivity index (χ0v) is 18.9. The summed E-state index contributed by atoms with van der Waals surface area (Å²) in [6.07, 6.45) is 0. The summed E-state index contributed by atoms with van der Waals surface area (Å²) in [6, 6.07) is 12.1. The van der Waals surface area contributed by atoms with Gasteiger partial charge in [-0.25, -0.2) is 0 Å². The minimum atomic E-state index is -0.0956. The predicted octanol–water partition coefficient (Wildman–Crippen LogP) is 1.61. The zero-order valence-electron chi connectivity index (χ0n) is 18.1. The molecule has 2 heterocycles. The molecule has 3 N–H and O–H groups in total. The van der Waals surface area contributed by atoms with Crippen LogP contribution < -0.4 is 20.7 Å². The van der Waals surface area contributed by atoms with Crippen LogP contribution in [0.1, 0.15) is 16.5 Å². The summed E-state index contributed by atoms with van der Waals surface area (Å²) in [5.74, 6) is 1.31. The highest BCUT2D eigenvalue weighted by atomic mass is 32.1. The van der Waals surface area contributed by atoms with Gasteiger partial charge in [-0.15, -0.1) is 11.3 Å². The van der Waals surface area contributed by atoms with Gasteiger partial charge < -0.3 is 25.4 Å². The third-order valence-corrected chi connectivity index (χ3v) is 6.08. The lowest BCUT2D eigenvalue weighted by molar-refractivity contribution is -0.120. The Morgan fingerprint density at radius 2 is 1.97 bits per heavy atom. The Labute approximate surface area is 187 Å². The summed E-state index contributed by atoms with van der Waals surface area (Å²) in [5, 5.41) is 11.5. The minimum Gasteiger partial charge on any atom is -0.497 e. The fraction of sp³-hybridized carbons (Fsp3) is 0.455. The number of ether oxygens (including phenoxy) is 2. The Balaban J connectivity index is 1.44. The molecule has 1 amide bonds. The SMILES string of the molecule is CN=C(NCC(=O)NCc1ccc(OC)cc1)NCC(c1cccs1)N1CCOCC1. The molecular weight excluding hydrogens is 414 g/mol. The van der Waals surface area contributed by atoms with Crippen LogP contribution in [-0.2, 0) is 16.1 Å². The molecule has 1 aromatic carbocycles. The van der Waals surface area contributed by atoms with E-state index in [1.165, 1.54) is 4.88 Å². The van der Waals surface area contributed by atoms with E-state index >= 15 is 0 Å². The standard InChI is InChI=1S/C22H31N5O3S/c1-23-22(26-16-21(28)24-14-17-5-7-18(29-2)8-6-17)25-15-19(20-4-3-13-31-20)27-9-11-30-12-10-27/h3-8,13,19H,9-12,14-16H2,1-2H3,(H,24,28)(H2,23,25,26). The number of hydrogen-bond donors (Lipinski definition) is 3. The predicted molar refractivity (Wildman–Crippen MR) is 124 cm³/mol. The molecule has 168 valence electrons. The summed E-state index contributed by atoms with van der Waals surface area (Å²) in [4.78, 5) is 20.2. The van der Waals surface area contributed by atoms with Crippen LogP contribution in [0.5, 0.6) is 5.75 Å². The summed E-state index contributed by atoms with van der Waals surface area (Å²) >= 11 is 1.75. The second-order valence-corrected chi connectivity index (χ2v) is 8.09. The van der Waals surface area contributed by atoms with Gasteiger partial charge in [0, 0.05) is 38.1 Å². The van der Waals surface area contributed by atoms with Gasteiger partial charge in [-0.1, -0.05) is 18.2 Å². The molecule has 1 saturated heterocycles. The van der Waals surface area contributed by atoms with Crippen molar-refractivity contribution in [3.05, 3.63) is 52.2 Å². The smallest absolute Gasteiger partial charge is 0.239 e. The number of nitrogens with zero attached hydrogens (tertiary/aromatic N) is 2. The monoisotopic (exact) mass is 445 g/mol. The highest BCUT2D eigenvalue weighted by molar-refractivity contribution is 7.10. The van der Waals surface area contributed by atoms with Gasteiger partial charge in [0.2, 0.25) is 5.91 Å². The molecule has 0 spiro atoms. The number of guanidine groups is 1. The van der Waals surface area contributed by atoms with Crippen LogP contribution in [-0.4, -0.2) is 70.3 Å². The molecule has 9 heteroatoms. The molecule has 1 aliphatic rings. The average Bonchev–Trinajstić information content (AvgIpc) is 3.35. The van der Waals surface area contributed by atoms with Gasteiger partial charge in [-0.05, 0) is 29.1 Å². The Bertz CT molecular complexity index is 820. The lowest BCUT2D eigenvalue weighted by atomic mass is 10.2. The van der Waals surface area contributed by atoms with E-state index < -0.39 is 0 Å². The quantitative estimate of drug-likeness (QED) is 0.402. The van der Waals surface area contributed by atoms with Crippen molar-refractivity contribution < 1.29 is 14.3 Å². The molecule has 3 rings (SSSR count). The molecule has 1 fully saturated rings. The van der Waals surface area contributed by atoms with Crippen LogP contribution in [0.25, 0.3) is 0 Å². The maximum Gasteiger partial charge on any atom is 0.239 e. The van der Waals surface area contributed by atoms with Crippen LogP contribution in [0.15, 0.2) is 46.8 Å². The van der Waals surface area contributed by atoms with Gasteiger partial charge in [0.05, 0.1) is 32.9 Å². The maximum atomic E-state index is 12.2. The van der Waals surface area contributed by atoms with E-state index in [9.17, 15) is 4.79 Å². The number of aliphatic imine (C=N–C) groups is 1. The highest BCUT2D eigenvalue weighted by Gasteiger charge is 2.23. The number of morpholine rings is 1. The van der Waals surface area contributed by atoms with Crippen LogP contribution in [0.2, 0.25) is 0 Å². The first-order valence-electron chi connectivity index (χ1n) is 10.4. The molecule has 1 atom stereocenters. The second kappa shape index (κ2) is 12.3. The Kier molecular flexibility index (Phi) is 9.14. The first kappa shape index (κ1) is 23.1. The molecule has 1 aromatic heterocycles. The zero-order chi connectivity index (χ0) is 21.9. The largest absolute Gasteiger partial charge is 0.497 e. The van der Waals surface area contributed by atoms with E-state index in [4.69, 9.17) is 9.47 Å². The van der Waals surface area contributed by atoms with E-state index in [0.29, 0.717) is 19.0 Å².